The van der Waals surface area contributed by atoms with Gasteiger partial charge in [0.2, 0.25) is 0 Å². The molecule has 2 aromatic carbocycles. The summed E-state index contributed by atoms with van der Waals surface area (Å²) in [5.41, 5.74) is 2.91. The molecular formula is C18H20ClNO2. The van der Waals surface area contributed by atoms with E-state index in [1.165, 1.54) is 0 Å². The maximum Gasteiger partial charge on any atom is 0.258 e. The Kier molecular flexibility index (Phi) is 5.45. The van der Waals surface area contributed by atoms with E-state index in [-0.39, 0.29) is 18.6 Å². The normalized spacial score (nSPS) is 11.8. The lowest BCUT2D eigenvalue weighted by atomic mass is 10.1. The van der Waals surface area contributed by atoms with Crippen LogP contribution in [-0.4, -0.2) is 12.5 Å². The summed E-state index contributed by atoms with van der Waals surface area (Å²) < 4.78 is 5.65. The molecule has 116 valence electrons. The first-order chi connectivity index (χ1) is 10.5. The van der Waals surface area contributed by atoms with Crippen molar-refractivity contribution >= 4 is 17.5 Å². The van der Waals surface area contributed by atoms with Gasteiger partial charge in [0.15, 0.2) is 6.61 Å². The predicted molar refractivity (Wildman–Crippen MR) is 89.4 cm³/mol. The van der Waals surface area contributed by atoms with Gasteiger partial charge in [-0.2, -0.15) is 0 Å². The zero-order valence-electron chi connectivity index (χ0n) is 13.0. The topological polar surface area (TPSA) is 38.3 Å². The highest BCUT2D eigenvalue weighted by Crippen LogP contribution is 2.26. The number of amides is 1. The maximum absolute atomic E-state index is 12.0. The summed E-state index contributed by atoms with van der Waals surface area (Å²) in [6.45, 7) is 5.77. The first-order valence-electron chi connectivity index (χ1n) is 7.21. The molecule has 0 unspecified atom stereocenters. The van der Waals surface area contributed by atoms with Crippen molar-refractivity contribution in [2.24, 2.45) is 0 Å². The van der Waals surface area contributed by atoms with Crippen molar-refractivity contribution in [2.45, 2.75) is 26.8 Å². The van der Waals surface area contributed by atoms with Gasteiger partial charge in [0.25, 0.3) is 5.91 Å². The Morgan fingerprint density at radius 2 is 1.77 bits per heavy atom. The molecule has 0 fully saturated rings. The summed E-state index contributed by atoms with van der Waals surface area (Å²) in [6, 6.07) is 13.4. The van der Waals surface area contributed by atoms with Gasteiger partial charge in [-0.15, -0.1) is 0 Å². The number of nitrogens with one attached hydrogen (secondary N) is 1. The van der Waals surface area contributed by atoms with Gasteiger partial charge in [-0.3, -0.25) is 4.79 Å². The van der Waals surface area contributed by atoms with Crippen LogP contribution >= 0.6 is 11.6 Å². The SMILES string of the molecule is Cc1cc(Cl)cc(C)c1OCC(=O)N[C@@H](C)c1ccccc1. The van der Waals surface area contributed by atoms with Crippen molar-refractivity contribution in [2.75, 3.05) is 6.61 Å². The molecule has 0 bridgehead atoms. The quantitative estimate of drug-likeness (QED) is 0.897. The molecule has 0 radical (unpaired) electrons. The van der Waals surface area contributed by atoms with Crippen LogP contribution in [-0.2, 0) is 4.79 Å². The van der Waals surface area contributed by atoms with E-state index >= 15 is 0 Å². The molecule has 3 nitrogen and oxygen atoms in total. The second-order valence-corrected chi connectivity index (χ2v) is 5.79. The minimum atomic E-state index is -0.148. The third-order valence-electron chi connectivity index (χ3n) is 3.45. The molecule has 1 atom stereocenters. The zero-order chi connectivity index (χ0) is 16.1. The Labute approximate surface area is 136 Å². The summed E-state index contributed by atoms with van der Waals surface area (Å²) in [7, 11) is 0. The number of rotatable bonds is 5. The van der Waals surface area contributed by atoms with E-state index in [2.05, 4.69) is 5.32 Å². The summed E-state index contributed by atoms with van der Waals surface area (Å²) in [4.78, 5) is 12.0. The number of ether oxygens (including phenoxy) is 1. The fourth-order valence-corrected chi connectivity index (χ4v) is 2.70. The second-order valence-electron chi connectivity index (χ2n) is 5.36. The van der Waals surface area contributed by atoms with Crippen molar-refractivity contribution in [1.29, 1.82) is 0 Å². The first-order valence-corrected chi connectivity index (χ1v) is 7.59. The van der Waals surface area contributed by atoms with E-state index in [1.807, 2.05) is 63.2 Å². The van der Waals surface area contributed by atoms with Crippen LogP contribution in [0.2, 0.25) is 5.02 Å². The highest BCUT2D eigenvalue weighted by atomic mass is 35.5. The summed E-state index contributed by atoms with van der Waals surface area (Å²) in [5.74, 6) is 0.567. The summed E-state index contributed by atoms with van der Waals surface area (Å²) in [5, 5.41) is 3.60. The molecule has 0 spiro atoms. The monoisotopic (exact) mass is 317 g/mol. The maximum atomic E-state index is 12.0. The molecule has 0 saturated carbocycles. The predicted octanol–water partition coefficient (Wildman–Crippen LogP) is 4.21. The molecular weight excluding hydrogens is 298 g/mol. The van der Waals surface area contributed by atoms with E-state index in [0.717, 1.165) is 16.7 Å². The van der Waals surface area contributed by atoms with Crippen molar-refractivity contribution in [3.63, 3.8) is 0 Å². The summed E-state index contributed by atoms with van der Waals surface area (Å²) >= 11 is 5.99. The van der Waals surface area contributed by atoms with E-state index < -0.39 is 0 Å². The molecule has 1 amide bonds. The van der Waals surface area contributed by atoms with Crippen LogP contribution in [0.15, 0.2) is 42.5 Å². The Hall–Kier alpha value is -2.00. The van der Waals surface area contributed by atoms with Crippen molar-refractivity contribution < 1.29 is 9.53 Å². The Bertz CT molecular complexity index is 632. The van der Waals surface area contributed by atoms with Crippen molar-refractivity contribution in [1.82, 2.24) is 5.32 Å². The van der Waals surface area contributed by atoms with Crippen LogP contribution in [0, 0.1) is 13.8 Å². The molecule has 22 heavy (non-hydrogen) atoms. The lowest BCUT2D eigenvalue weighted by Gasteiger charge is -2.16. The largest absolute Gasteiger partial charge is 0.483 e. The van der Waals surface area contributed by atoms with E-state index in [4.69, 9.17) is 16.3 Å². The zero-order valence-corrected chi connectivity index (χ0v) is 13.8. The lowest BCUT2D eigenvalue weighted by molar-refractivity contribution is -0.123. The number of carbonyl (C=O) groups excluding carboxylic acids is 1. The van der Waals surface area contributed by atoms with Gasteiger partial charge in [0.1, 0.15) is 5.75 Å². The fourth-order valence-electron chi connectivity index (χ4n) is 2.37. The minimum Gasteiger partial charge on any atom is -0.483 e. The number of hydrogen-bond acceptors (Lipinski definition) is 2. The fraction of sp³-hybridized carbons (Fsp3) is 0.278. The van der Waals surface area contributed by atoms with Crippen LogP contribution in [0.5, 0.6) is 5.75 Å². The molecule has 2 aromatic rings. The number of aryl methyl sites for hydroxylation is 2. The average molecular weight is 318 g/mol. The number of hydrogen-bond donors (Lipinski definition) is 1. The highest BCUT2D eigenvalue weighted by Gasteiger charge is 2.12. The third kappa shape index (κ3) is 4.25. The highest BCUT2D eigenvalue weighted by molar-refractivity contribution is 6.30. The molecule has 2 rings (SSSR count). The van der Waals surface area contributed by atoms with Crippen LogP contribution in [0.4, 0.5) is 0 Å². The molecule has 1 N–H and O–H groups in total. The standard InChI is InChI=1S/C18H20ClNO2/c1-12-9-16(19)10-13(2)18(12)22-11-17(21)20-14(3)15-7-5-4-6-8-15/h4-10,14H,11H2,1-3H3,(H,20,21)/t14-/m0/s1. The Balaban J connectivity index is 1.94. The molecule has 0 aliphatic heterocycles. The molecule has 0 aliphatic rings. The van der Waals surface area contributed by atoms with Crippen molar-refractivity contribution in [3.05, 3.63) is 64.2 Å². The van der Waals surface area contributed by atoms with Gasteiger partial charge in [-0.1, -0.05) is 41.9 Å². The third-order valence-corrected chi connectivity index (χ3v) is 3.67. The number of carbonyl (C=O) groups is 1. The number of halogens is 1. The van der Waals surface area contributed by atoms with Gasteiger partial charge in [0, 0.05) is 5.02 Å². The molecule has 0 aliphatic carbocycles. The Morgan fingerprint density at radius 3 is 2.36 bits per heavy atom. The van der Waals surface area contributed by atoms with E-state index in [9.17, 15) is 4.79 Å². The van der Waals surface area contributed by atoms with Gasteiger partial charge < -0.3 is 10.1 Å². The van der Waals surface area contributed by atoms with E-state index in [1.54, 1.807) is 0 Å². The van der Waals surface area contributed by atoms with E-state index in [0.29, 0.717) is 10.8 Å². The summed E-state index contributed by atoms with van der Waals surface area (Å²) in [6.07, 6.45) is 0. The van der Waals surface area contributed by atoms with Crippen LogP contribution in [0.25, 0.3) is 0 Å². The minimum absolute atomic E-state index is 0.0134. The molecule has 0 saturated heterocycles. The molecule has 0 heterocycles. The van der Waals surface area contributed by atoms with Gasteiger partial charge >= 0.3 is 0 Å². The van der Waals surface area contributed by atoms with Gasteiger partial charge in [0.05, 0.1) is 6.04 Å². The first kappa shape index (κ1) is 16.4. The number of benzene rings is 2. The average Bonchev–Trinajstić information content (AvgIpc) is 2.47. The smallest absolute Gasteiger partial charge is 0.258 e. The van der Waals surface area contributed by atoms with Gasteiger partial charge in [-0.25, -0.2) is 0 Å². The molecule has 4 heteroatoms. The second kappa shape index (κ2) is 7.32. The van der Waals surface area contributed by atoms with Crippen LogP contribution in [0.1, 0.15) is 29.7 Å². The van der Waals surface area contributed by atoms with Gasteiger partial charge in [-0.05, 0) is 49.6 Å². The Morgan fingerprint density at radius 1 is 1.18 bits per heavy atom. The lowest BCUT2D eigenvalue weighted by Crippen LogP contribution is -2.31. The van der Waals surface area contributed by atoms with Crippen molar-refractivity contribution in [3.8, 4) is 5.75 Å². The van der Waals surface area contributed by atoms with Crippen LogP contribution < -0.4 is 10.1 Å². The molecule has 0 aromatic heterocycles. The van der Waals surface area contributed by atoms with Crippen LogP contribution in [0.3, 0.4) is 0 Å².